The molecule has 25 heavy (non-hydrogen) atoms. The van der Waals surface area contributed by atoms with Crippen molar-refractivity contribution in [3.05, 3.63) is 39.3 Å². The van der Waals surface area contributed by atoms with Crippen LogP contribution in [0.5, 0.6) is 0 Å². The average molecular weight is 468 g/mol. The number of halogens is 1. The van der Waals surface area contributed by atoms with Crippen molar-refractivity contribution in [1.82, 2.24) is 4.90 Å². The number of piperidine rings is 1. The minimum Gasteiger partial charge on any atom is -0.343 e. The summed E-state index contributed by atoms with van der Waals surface area (Å²) < 4.78 is 1.04. The van der Waals surface area contributed by atoms with Crippen LogP contribution in [0.25, 0.3) is 10.4 Å². The molecule has 6 heteroatoms. The third kappa shape index (κ3) is 4.82. The van der Waals surface area contributed by atoms with Gasteiger partial charge in [-0.05, 0) is 70.5 Å². The maximum atomic E-state index is 12.5. The highest BCUT2D eigenvalue weighted by Crippen LogP contribution is 2.30. The highest BCUT2D eigenvalue weighted by molar-refractivity contribution is 14.1. The van der Waals surface area contributed by atoms with Crippen LogP contribution in [0.4, 0.5) is 5.69 Å². The van der Waals surface area contributed by atoms with Crippen molar-refractivity contribution >= 4 is 51.4 Å². The number of nitrogens with zero attached hydrogens (tertiary/aromatic N) is 1. The van der Waals surface area contributed by atoms with Gasteiger partial charge in [-0.15, -0.1) is 11.3 Å². The number of carbonyl (C=O) groups excluding carboxylic acids is 2. The maximum Gasteiger partial charge on any atom is 0.224 e. The number of rotatable bonds is 4. The molecule has 1 aliphatic rings. The fraction of sp³-hybridized carbons (Fsp3) is 0.368. The molecule has 0 atom stereocenters. The van der Waals surface area contributed by atoms with Gasteiger partial charge in [-0.2, -0.15) is 0 Å². The first-order valence-electron chi connectivity index (χ1n) is 8.41. The van der Waals surface area contributed by atoms with E-state index in [1.54, 1.807) is 18.3 Å². The average Bonchev–Trinajstić information content (AvgIpc) is 3.12. The molecule has 1 fully saturated rings. The zero-order valence-corrected chi connectivity index (χ0v) is 17.1. The highest BCUT2D eigenvalue weighted by Gasteiger charge is 2.23. The molecule has 0 unspecified atom stereocenters. The van der Waals surface area contributed by atoms with Crippen LogP contribution in [0.3, 0.4) is 0 Å². The van der Waals surface area contributed by atoms with Crippen LogP contribution in [0, 0.1) is 9.49 Å². The van der Waals surface area contributed by atoms with E-state index in [9.17, 15) is 9.59 Å². The van der Waals surface area contributed by atoms with Gasteiger partial charge in [0.25, 0.3) is 0 Å². The van der Waals surface area contributed by atoms with Crippen LogP contribution >= 0.6 is 33.9 Å². The zero-order chi connectivity index (χ0) is 17.8. The number of anilines is 1. The molecule has 1 aromatic heterocycles. The Balaban J connectivity index is 1.60. The van der Waals surface area contributed by atoms with Gasteiger partial charge in [-0.25, -0.2) is 0 Å². The summed E-state index contributed by atoms with van der Waals surface area (Å²) in [5, 5.41) is 5.13. The van der Waals surface area contributed by atoms with E-state index in [0.717, 1.165) is 40.8 Å². The van der Waals surface area contributed by atoms with E-state index in [1.807, 2.05) is 23.1 Å². The van der Waals surface area contributed by atoms with Crippen molar-refractivity contribution in [2.24, 2.45) is 5.92 Å². The van der Waals surface area contributed by atoms with Crippen molar-refractivity contribution in [3.63, 3.8) is 0 Å². The molecule has 0 bridgehead atoms. The Labute approximate surface area is 165 Å². The zero-order valence-electron chi connectivity index (χ0n) is 14.1. The number of hydrogen-bond acceptors (Lipinski definition) is 3. The van der Waals surface area contributed by atoms with Gasteiger partial charge in [0.1, 0.15) is 0 Å². The number of carbonyl (C=O) groups is 2. The van der Waals surface area contributed by atoms with Crippen LogP contribution in [0.1, 0.15) is 26.2 Å². The van der Waals surface area contributed by atoms with Gasteiger partial charge in [-0.1, -0.05) is 12.1 Å². The molecule has 0 spiro atoms. The van der Waals surface area contributed by atoms with Crippen molar-refractivity contribution in [2.45, 2.75) is 26.2 Å². The fourth-order valence-electron chi connectivity index (χ4n) is 3.13. The molecule has 1 N–H and O–H groups in total. The first-order valence-corrected chi connectivity index (χ1v) is 10.4. The summed E-state index contributed by atoms with van der Waals surface area (Å²) in [5.41, 5.74) is 2.00. The number of amides is 2. The first kappa shape index (κ1) is 18.4. The molecule has 2 aromatic rings. The minimum atomic E-state index is 0.0579. The summed E-state index contributed by atoms with van der Waals surface area (Å²) in [6, 6.07) is 10.3. The standard InChI is InChI=1S/C19H21IN2O2S/c1-13(23)22-8-6-14(7-9-22)11-19(24)21-17-12-15(4-5-16(17)20)18-3-2-10-25-18/h2-5,10,12,14H,6-9,11H2,1H3,(H,21,24). The summed E-state index contributed by atoms with van der Waals surface area (Å²) >= 11 is 3.95. The normalized spacial score (nSPS) is 15.2. The molecular weight excluding hydrogens is 447 g/mol. The van der Waals surface area contributed by atoms with Gasteiger partial charge in [0.05, 0.1) is 5.69 Å². The summed E-state index contributed by atoms with van der Waals surface area (Å²) in [5.74, 6) is 0.541. The van der Waals surface area contributed by atoms with Gasteiger partial charge in [0.15, 0.2) is 0 Å². The van der Waals surface area contributed by atoms with E-state index in [1.165, 1.54) is 4.88 Å². The van der Waals surface area contributed by atoms with E-state index in [-0.39, 0.29) is 11.8 Å². The molecule has 0 saturated carbocycles. The van der Waals surface area contributed by atoms with Crippen LogP contribution < -0.4 is 5.32 Å². The molecule has 2 heterocycles. The molecule has 2 amide bonds. The minimum absolute atomic E-state index is 0.0579. The maximum absolute atomic E-state index is 12.5. The number of likely N-dealkylation sites (tertiary alicyclic amines) is 1. The number of hydrogen-bond donors (Lipinski definition) is 1. The topological polar surface area (TPSA) is 49.4 Å². The van der Waals surface area contributed by atoms with Crippen molar-refractivity contribution in [1.29, 1.82) is 0 Å². The quantitative estimate of drug-likeness (QED) is 0.667. The van der Waals surface area contributed by atoms with E-state index in [4.69, 9.17) is 0 Å². The molecule has 0 aliphatic carbocycles. The molecule has 1 saturated heterocycles. The molecule has 4 nitrogen and oxygen atoms in total. The lowest BCUT2D eigenvalue weighted by molar-refractivity contribution is -0.130. The first-order chi connectivity index (χ1) is 12.0. The lowest BCUT2D eigenvalue weighted by atomic mass is 9.93. The summed E-state index contributed by atoms with van der Waals surface area (Å²) in [6.45, 7) is 3.13. The molecule has 1 aromatic carbocycles. The third-order valence-electron chi connectivity index (χ3n) is 4.58. The Morgan fingerprint density at radius 3 is 2.68 bits per heavy atom. The van der Waals surface area contributed by atoms with Crippen LogP contribution in [0.2, 0.25) is 0 Å². The highest BCUT2D eigenvalue weighted by atomic mass is 127. The number of thiophene rings is 1. The Morgan fingerprint density at radius 2 is 2.04 bits per heavy atom. The molecular formula is C19H21IN2O2S. The van der Waals surface area contributed by atoms with Gasteiger partial charge < -0.3 is 10.2 Å². The van der Waals surface area contributed by atoms with E-state index in [0.29, 0.717) is 12.3 Å². The van der Waals surface area contributed by atoms with Crippen molar-refractivity contribution in [3.8, 4) is 10.4 Å². The van der Waals surface area contributed by atoms with Crippen LogP contribution in [-0.4, -0.2) is 29.8 Å². The number of benzene rings is 1. The Bertz CT molecular complexity index is 753. The van der Waals surface area contributed by atoms with E-state index >= 15 is 0 Å². The predicted molar refractivity (Wildman–Crippen MR) is 111 cm³/mol. The second kappa shape index (κ2) is 8.31. The largest absolute Gasteiger partial charge is 0.343 e. The predicted octanol–water partition coefficient (Wildman–Crippen LogP) is 4.61. The smallest absolute Gasteiger partial charge is 0.224 e. The van der Waals surface area contributed by atoms with Crippen LogP contribution in [-0.2, 0) is 9.59 Å². The second-order valence-corrected chi connectivity index (χ2v) is 8.48. The van der Waals surface area contributed by atoms with Crippen LogP contribution in [0.15, 0.2) is 35.7 Å². The van der Waals surface area contributed by atoms with Gasteiger partial charge in [-0.3, -0.25) is 9.59 Å². The second-order valence-electron chi connectivity index (χ2n) is 6.37. The molecule has 3 rings (SSSR count). The Morgan fingerprint density at radius 1 is 1.28 bits per heavy atom. The molecule has 0 radical (unpaired) electrons. The monoisotopic (exact) mass is 468 g/mol. The van der Waals surface area contributed by atoms with Gasteiger partial charge in [0.2, 0.25) is 11.8 Å². The summed E-state index contributed by atoms with van der Waals surface area (Å²) in [4.78, 5) is 26.9. The Hall–Kier alpha value is -1.41. The van der Waals surface area contributed by atoms with E-state index < -0.39 is 0 Å². The summed E-state index contributed by atoms with van der Waals surface area (Å²) in [7, 11) is 0. The van der Waals surface area contributed by atoms with Gasteiger partial charge >= 0.3 is 0 Å². The Kier molecular flexibility index (Phi) is 6.11. The lowest BCUT2D eigenvalue weighted by Gasteiger charge is -2.31. The van der Waals surface area contributed by atoms with E-state index in [2.05, 4.69) is 45.4 Å². The fourth-order valence-corrected chi connectivity index (χ4v) is 4.33. The summed E-state index contributed by atoms with van der Waals surface area (Å²) in [6.07, 6.45) is 2.32. The number of nitrogens with one attached hydrogen (secondary N) is 1. The molecule has 132 valence electrons. The molecule has 1 aliphatic heterocycles. The SMILES string of the molecule is CC(=O)N1CCC(CC(=O)Nc2cc(-c3cccs3)ccc2I)CC1. The van der Waals surface area contributed by atoms with Crippen molar-refractivity contribution in [2.75, 3.05) is 18.4 Å². The van der Waals surface area contributed by atoms with Gasteiger partial charge in [0, 0.05) is 34.9 Å². The lowest BCUT2D eigenvalue weighted by Crippen LogP contribution is -2.37. The third-order valence-corrected chi connectivity index (χ3v) is 6.44. The van der Waals surface area contributed by atoms with Crippen molar-refractivity contribution < 1.29 is 9.59 Å².